The van der Waals surface area contributed by atoms with Crippen molar-refractivity contribution in [2.75, 3.05) is 24.2 Å². The summed E-state index contributed by atoms with van der Waals surface area (Å²) in [5.41, 5.74) is 0.813. The summed E-state index contributed by atoms with van der Waals surface area (Å²) in [5.74, 6) is -1.24. The second-order valence-electron chi connectivity index (χ2n) is 7.19. The van der Waals surface area contributed by atoms with Gasteiger partial charge in [0, 0.05) is 26.6 Å². The lowest BCUT2D eigenvalue weighted by molar-refractivity contribution is -0.140. The monoisotopic (exact) mass is 449 g/mol. The van der Waals surface area contributed by atoms with E-state index in [2.05, 4.69) is 5.32 Å². The Morgan fingerprint density at radius 2 is 1.68 bits per heavy atom. The average Bonchev–Trinajstić information content (AvgIpc) is 2.74. The molecule has 0 saturated heterocycles. The van der Waals surface area contributed by atoms with Gasteiger partial charge in [0.1, 0.15) is 11.9 Å². The highest BCUT2D eigenvalue weighted by Crippen LogP contribution is 2.22. The number of anilines is 1. The summed E-state index contributed by atoms with van der Waals surface area (Å²) < 4.78 is 39.5. The number of benzene rings is 2. The Balaban J connectivity index is 2.13. The quantitative estimate of drug-likeness (QED) is 0.604. The summed E-state index contributed by atoms with van der Waals surface area (Å²) in [6.45, 7) is 1.83. The maximum atomic E-state index is 14.1. The van der Waals surface area contributed by atoms with Crippen LogP contribution >= 0.6 is 0 Å². The number of nitrogens with one attached hydrogen (secondary N) is 1. The predicted molar refractivity (Wildman–Crippen MR) is 118 cm³/mol. The van der Waals surface area contributed by atoms with Gasteiger partial charge in [0.25, 0.3) is 0 Å². The molecular formula is C22H28FN3O4S. The number of hydrogen-bond donors (Lipinski definition) is 1. The molecule has 0 spiro atoms. The number of hydrogen-bond acceptors (Lipinski definition) is 4. The van der Waals surface area contributed by atoms with Gasteiger partial charge in [0.15, 0.2) is 0 Å². The third kappa shape index (κ3) is 6.78. The van der Waals surface area contributed by atoms with Gasteiger partial charge in [-0.2, -0.15) is 0 Å². The molecule has 2 aromatic rings. The van der Waals surface area contributed by atoms with E-state index in [0.717, 1.165) is 16.1 Å². The van der Waals surface area contributed by atoms with Crippen LogP contribution in [-0.4, -0.2) is 51.0 Å². The van der Waals surface area contributed by atoms with E-state index in [1.54, 1.807) is 13.0 Å². The van der Waals surface area contributed by atoms with Crippen molar-refractivity contribution in [2.45, 2.75) is 32.4 Å². The first-order valence-electron chi connectivity index (χ1n) is 9.92. The van der Waals surface area contributed by atoms with Crippen LogP contribution in [0.4, 0.5) is 10.1 Å². The second-order valence-corrected chi connectivity index (χ2v) is 9.09. The summed E-state index contributed by atoms with van der Waals surface area (Å²) in [7, 11) is -2.23. The van der Waals surface area contributed by atoms with Gasteiger partial charge in [-0.1, -0.05) is 42.5 Å². The van der Waals surface area contributed by atoms with E-state index in [1.807, 2.05) is 30.3 Å². The number of para-hydroxylation sites is 1. The number of likely N-dealkylation sites (N-methyl/N-ethyl adjacent to an activating group) is 1. The molecule has 0 aromatic heterocycles. The fraction of sp³-hybridized carbons (Fsp3) is 0.364. The fourth-order valence-corrected chi connectivity index (χ4v) is 4.17. The van der Waals surface area contributed by atoms with Crippen LogP contribution in [0.15, 0.2) is 54.6 Å². The van der Waals surface area contributed by atoms with Gasteiger partial charge in [-0.05, 0) is 31.0 Å². The summed E-state index contributed by atoms with van der Waals surface area (Å²) in [6.07, 6.45) is 1.18. The topological polar surface area (TPSA) is 86.8 Å². The van der Waals surface area contributed by atoms with Gasteiger partial charge >= 0.3 is 0 Å². The number of carbonyl (C=O) groups is 2. The van der Waals surface area contributed by atoms with Crippen molar-refractivity contribution >= 4 is 27.5 Å². The van der Waals surface area contributed by atoms with E-state index < -0.39 is 21.9 Å². The van der Waals surface area contributed by atoms with Crippen molar-refractivity contribution in [1.82, 2.24) is 10.2 Å². The maximum absolute atomic E-state index is 14.1. The molecule has 9 heteroatoms. The molecule has 2 rings (SSSR count). The Bertz CT molecular complexity index is 999. The molecule has 0 aliphatic carbocycles. The number of amides is 2. The lowest BCUT2D eigenvalue weighted by Crippen LogP contribution is -2.46. The Labute approximate surface area is 182 Å². The van der Waals surface area contributed by atoms with E-state index in [1.165, 1.54) is 30.1 Å². The Hall–Kier alpha value is -2.94. The van der Waals surface area contributed by atoms with Gasteiger partial charge in [-0.15, -0.1) is 0 Å². The summed E-state index contributed by atoms with van der Waals surface area (Å²) in [5, 5.41) is 2.55. The Kier molecular flexibility index (Phi) is 8.56. The largest absolute Gasteiger partial charge is 0.357 e. The maximum Gasteiger partial charge on any atom is 0.242 e. The minimum absolute atomic E-state index is 0.00857. The number of halogens is 1. The number of sulfonamides is 1. The average molecular weight is 450 g/mol. The molecule has 0 radical (unpaired) electrons. The van der Waals surface area contributed by atoms with Crippen molar-refractivity contribution in [3.8, 4) is 0 Å². The van der Waals surface area contributed by atoms with Crippen molar-refractivity contribution in [2.24, 2.45) is 0 Å². The molecule has 1 atom stereocenters. The van der Waals surface area contributed by atoms with Crippen LogP contribution in [0.3, 0.4) is 0 Å². The first kappa shape index (κ1) is 24.3. The van der Waals surface area contributed by atoms with Crippen LogP contribution < -0.4 is 9.62 Å². The first-order chi connectivity index (χ1) is 14.6. The minimum atomic E-state index is -3.74. The molecule has 168 valence electrons. The van der Waals surface area contributed by atoms with E-state index in [4.69, 9.17) is 0 Å². The van der Waals surface area contributed by atoms with Crippen LogP contribution in [0, 0.1) is 5.82 Å². The molecule has 31 heavy (non-hydrogen) atoms. The van der Waals surface area contributed by atoms with Crippen molar-refractivity contribution < 1.29 is 22.4 Å². The lowest BCUT2D eigenvalue weighted by Gasteiger charge is -2.29. The predicted octanol–water partition coefficient (Wildman–Crippen LogP) is 2.54. The molecule has 1 unspecified atom stereocenters. The highest BCUT2D eigenvalue weighted by Gasteiger charge is 2.26. The standard InChI is InChI=1S/C22H28FN3O4S/c1-17(22(28)24-2)25(16-18-10-5-4-6-11-18)21(27)14-9-15-26(31(3,29)30)20-13-8-7-12-19(20)23/h4-8,10-13,17H,9,14-16H2,1-3H3,(H,24,28). The van der Waals surface area contributed by atoms with Crippen molar-refractivity contribution in [3.05, 3.63) is 66.0 Å². The zero-order chi connectivity index (χ0) is 23.0. The van der Waals surface area contributed by atoms with E-state index in [-0.39, 0.29) is 43.4 Å². The SMILES string of the molecule is CNC(=O)C(C)N(Cc1ccccc1)C(=O)CCCN(c1ccccc1F)S(C)(=O)=O. The van der Waals surface area contributed by atoms with Gasteiger partial charge in [-0.25, -0.2) is 12.8 Å². The van der Waals surface area contributed by atoms with Gasteiger partial charge in [-0.3, -0.25) is 13.9 Å². The van der Waals surface area contributed by atoms with Gasteiger partial charge in [0.05, 0.1) is 11.9 Å². The molecule has 0 aliphatic heterocycles. The first-order valence-corrected chi connectivity index (χ1v) is 11.8. The van der Waals surface area contributed by atoms with Crippen LogP contribution in [0.2, 0.25) is 0 Å². The summed E-state index contributed by atoms with van der Waals surface area (Å²) >= 11 is 0. The second kappa shape index (κ2) is 10.9. The molecule has 7 nitrogen and oxygen atoms in total. The molecule has 0 bridgehead atoms. The van der Waals surface area contributed by atoms with Crippen molar-refractivity contribution in [1.29, 1.82) is 0 Å². The summed E-state index contributed by atoms with van der Waals surface area (Å²) in [4.78, 5) is 26.6. The van der Waals surface area contributed by atoms with Gasteiger partial charge in [0.2, 0.25) is 21.8 Å². The smallest absolute Gasteiger partial charge is 0.242 e. The number of rotatable bonds is 10. The fourth-order valence-electron chi connectivity index (χ4n) is 3.21. The van der Waals surface area contributed by atoms with E-state index in [0.29, 0.717) is 0 Å². The number of nitrogens with zero attached hydrogens (tertiary/aromatic N) is 2. The Morgan fingerprint density at radius 3 is 2.26 bits per heavy atom. The molecule has 0 heterocycles. The normalized spacial score (nSPS) is 12.1. The number of carbonyl (C=O) groups excluding carboxylic acids is 2. The Morgan fingerprint density at radius 1 is 1.06 bits per heavy atom. The van der Waals surface area contributed by atoms with Crippen LogP contribution in [0.25, 0.3) is 0 Å². The molecule has 0 fully saturated rings. The molecule has 2 aromatic carbocycles. The molecule has 1 N–H and O–H groups in total. The zero-order valence-electron chi connectivity index (χ0n) is 17.9. The van der Waals surface area contributed by atoms with Crippen LogP contribution in [0.1, 0.15) is 25.3 Å². The zero-order valence-corrected chi connectivity index (χ0v) is 18.7. The lowest BCUT2D eigenvalue weighted by atomic mass is 10.1. The third-order valence-electron chi connectivity index (χ3n) is 4.88. The molecule has 2 amide bonds. The highest BCUT2D eigenvalue weighted by molar-refractivity contribution is 7.92. The van der Waals surface area contributed by atoms with E-state index in [9.17, 15) is 22.4 Å². The van der Waals surface area contributed by atoms with Crippen LogP contribution in [0.5, 0.6) is 0 Å². The highest BCUT2D eigenvalue weighted by atomic mass is 32.2. The van der Waals surface area contributed by atoms with Crippen molar-refractivity contribution in [3.63, 3.8) is 0 Å². The van der Waals surface area contributed by atoms with Gasteiger partial charge < -0.3 is 10.2 Å². The summed E-state index contributed by atoms with van der Waals surface area (Å²) in [6, 6.07) is 14.2. The van der Waals surface area contributed by atoms with E-state index >= 15 is 0 Å². The molecule has 0 saturated carbocycles. The third-order valence-corrected chi connectivity index (χ3v) is 6.06. The molecule has 0 aliphatic rings. The van der Waals surface area contributed by atoms with Crippen LogP contribution in [-0.2, 0) is 26.2 Å². The molecular weight excluding hydrogens is 421 g/mol. The minimum Gasteiger partial charge on any atom is -0.357 e.